The lowest BCUT2D eigenvalue weighted by Gasteiger charge is -2.26. The van der Waals surface area contributed by atoms with Gasteiger partial charge in [-0.3, -0.25) is 14.4 Å². The van der Waals surface area contributed by atoms with E-state index in [4.69, 9.17) is 4.74 Å². The number of benzene rings is 1. The van der Waals surface area contributed by atoms with Crippen LogP contribution in [0.1, 0.15) is 38.7 Å². The van der Waals surface area contributed by atoms with Crippen LogP contribution in [0.25, 0.3) is 0 Å². The molecule has 0 aliphatic carbocycles. The first-order chi connectivity index (χ1) is 14.9. The van der Waals surface area contributed by atoms with Crippen LogP contribution in [0.3, 0.4) is 0 Å². The molecule has 1 amide bonds. The maximum atomic E-state index is 12.0. The van der Waals surface area contributed by atoms with Crippen LogP contribution < -0.4 is 14.8 Å². The van der Waals surface area contributed by atoms with Crippen LogP contribution in [0.5, 0.6) is 5.75 Å². The minimum absolute atomic E-state index is 0.0722. The molecule has 1 rings (SSSR count). The lowest BCUT2D eigenvalue weighted by atomic mass is 9.84. The van der Waals surface area contributed by atoms with Gasteiger partial charge in [0.15, 0.2) is 5.78 Å². The zero-order valence-corrected chi connectivity index (χ0v) is 19.4. The Morgan fingerprint density at radius 2 is 1.88 bits per heavy atom. The van der Waals surface area contributed by atoms with Crippen LogP contribution in [0.15, 0.2) is 24.3 Å². The van der Waals surface area contributed by atoms with E-state index in [0.29, 0.717) is 11.3 Å². The normalized spacial score (nSPS) is 12.8. The molecule has 0 bridgehead atoms. The van der Waals surface area contributed by atoms with Gasteiger partial charge >= 0.3 is 0 Å². The van der Waals surface area contributed by atoms with Gasteiger partial charge in [0.1, 0.15) is 18.5 Å². The highest BCUT2D eigenvalue weighted by Gasteiger charge is 2.32. The summed E-state index contributed by atoms with van der Waals surface area (Å²) < 4.78 is 29.8. The Morgan fingerprint density at radius 1 is 1.19 bits per heavy atom. The molecule has 0 aromatic heterocycles. The maximum absolute atomic E-state index is 12.0. The molecule has 0 fully saturated rings. The van der Waals surface area contributed by atoms with Gasteiger partial charge in [-0.15, -0.1) is 0 Å². The number of aliphatic hydroxyl groups excluding tert-OH is 2. The van der Waals surface area contributed by atoms with Gasteiger partial charge in [-0.1, -0.05) is 26.0 Å². The molecule has 0 radical (unpaired) electrons. The van der Waals surface area contributed by atoms with Crippen molar-refractivity contribution in [2.24, 2.45) is 5.41 Å². The molecule has 1 atom stereocenters. The van der Waals surface area contributed by atoms with E-state index in [9.17, 15) is 33.0 Å². The summed E-state index contributed by atoms with van der Waals surface area (Å²) >= 11 is 0. The molecular formula is C21H32N2O8S. The van der Waals surface area contributed by atoms with Crippen molar-refractivity contribution in [3.8, 4) is 5.75 Å². The van der Waals surface area contributed by atoms with Crippen molar-refractivity contribution in [3.63, 3.8) is 0 Å². The Balaban J connectivity index is 2.40. The third-order valence-electron chi connectivity index (χ3n) is 4.62. The summed E-state index contributed by atoms with van der Waals surface area (Å²) in [6, 6.07) is 6.78. The molecule has 0 spiro atoms. The van der Waals surface area contributed by atoms with E-state index in [1.54, 1.807) is 38.1 Å². The van der Waals surface area contributed by atoms with Crippen LogP contribution >= 0.6 is 0 Å². The van der Waals surface area contributed by atoms with Crippen LogP contribution in [-0.4, -0.2) is 68.2 Å². The molecular weight excluding hydrogens is 440 g/mol. The lowest BCUT2D eigenvalue weighted by Crippen LogP contribution is -2.39. The van der Waals surface area contributed by atoms with E-state index in [1.807, 2.05) is 0 Å². The number of sulfonamides is 1. The zero-order chi connectivity index (χ0) is 24.4. The Hall–Kier alpha value is -2.34. The molecule has 0 saturated carbocycles. The first kappa shape index (κ1) is 27.7. The summed E-state index contributed by atoms with van der Waals surface area (Å²) in [5.74, 6) is -1.45. The number of rotatable bonds is 15. The number of carbonyl (C=O) groups excluding carboxylic acids is 3. The Morgan fingerprint density at radius 3 is 2.50 bits per heavy atom. The second kappa shape index (κ2) is 12.6. The number of aliphatic hydroxyl groups is 2. The molecule has 32 heavy (non-hydrogen) atoms. The second-order valence-electron chi connectivity index (χ2n) is 8.14. The number of nitrogens with one attached hydrogen (secondary N) is 2. The summed E-state index contributed by atoms with van der Waals surface area (Å²) in [7, 11) is -3.29. The second-order valence-corrected chi connectivity index (χ2v) is 9.97. The Bertz CT molecular complexity index is 899. The molecule has 180 valence electrons. The molecule has 0 saturated heterocycles. The van der Waals surface area contributed by atoms with Gasteiger partial charge in [-0.2, -0.15) is 0 Å². The number of hydrogen-bond acceptors (Lipinski definition) is 8. The summed E-state index contributed by atoms with van der Waals surface area (Å²) in [6.07, 6.45) is -0.379. The molecule has 11 heteroatoms. The van der Waals surface area contributed by atoms with E-state index in [0.717, 1.165) is 6.26 Å². The van der Waals surface area contributed by atoms with Gasteiger partial charge in [-0.05, 0) is 24.1 Å². The molecule has 1 aromatic carbocycles. The highest BCUT2D eigenvalue weighted by molar-refractivity contribution is 7.88. The minimum Gasteiger partial charge on any atom is -0.492 e. The summed E-state index contributed by atoms with van der Waals surface area (Å²) in [5.41, 5.74) is -0.287. The summed E-state index contributed by atoms with van der Waals surface area (Å²) in [4.78, 5) is 35.9. The van der Waals surface area contributed by atoms with Gasteiger partial charge < -0.3 is 20.3 Å². The number of hydrogen-bond donors (Lipinski definition) is 4. The van der Waals surface area contributed by atoms with Crippen molar-refractivity contribution in [1.82, 2.24) is 10.0 Å². The van der Waals surface area contributed by atoms with Crippen molar-refractivity contribution in [2.75, 3.05) is 26.0 Å². The van der Waals surface area contributed by atoms with Crippen molar-refractivity contribution < 1.29 is 37.8 Å². The number of Topliss-reactive ketones (excluding diaryl/α,β-unsaturated/α-hetero) is 2. The highest BCUT2D eigenvalue weighted by atomic mass is 32.2. The number of carbonyl (C=O) groups is 3. The topological polar surface area (TPSA) is 159 Å². The van der Waals surface area contributed by atoms with E-state index in [-0.39, 0.29) is 45.6 Å². The standard InChI is InChI=1S/C21H32N2O8S/c1-21(2,14-24)19(27)17(25)8-5-9-18(26)20(28)22-13-15-6-4-7-16(12-15)31-11-10-23-32(3,29)30/h4,6-7,12,19,23-24,27H,5,8-11,13-14H2,1-3H3,(H,22,28)/t19-/m0/s1. The number of ether oxygens (including phenoxy) is 1. The van der Waals surface area contributed by atoms with Crippen LogP contribution in [0.2, 0.25) is 0 Å². The highest BCUT2D eigenvalue weighted by Crippen LogP contribution is 2.21. The SMILES string of the molecule is CC(C)(CO)[C@@H](O)C(=O)CCCC(=O)C(=O)NCc1cccc(OCCNS(C)(=O)=O)c1. The van der Waals surface area contributed by atoms with Crippen LogP contribution in [0.4, 0.5) is 0 Å². The fraction of sp³-hybridized carbons (Fsp3) is 0.571. The average molecular weight is 473 g/mol. The van der Waals surface area contributed by atoms with Gasteiger partial charge in [0.25, 0.3) is 5.91 Å². The predicted molar refractivity (Wildman–Crippen MR) is 117 cm³/mol. The van der Waals surface area contributed by atoms with E-state index in [2.05, 4.69) is 10.0 Å². The first-order valence-electron chi connectivity index (χ1n) is 10.1. The number of ketones is 2. The van der Waals surface area contributed by atoms with Gasteiger partial charge in [0.05, 0.1) is 12.9 Å². The van der Waals surface area contributed by atoms with Crippen LogP contribution in [-0.2, 0) is 31.0 Å². The fourth-order valence-electron chi connectivity index (χ4n) is 2.62. The van der Waals surface area contributed by atoms with Crippen molar-refractivity contribution >= 4 is 27.5 Å². The zero-order valence-electron chi connectivity index (χ0n) is 18.6. The number of amides is 1. The molecule has 4 N–H and O–H groups in total. The summed E-state index contributed by atoms with van der Waals surface area (Å²) in [5, 5.41) is 21.6. The molecule has 1 aromatic rings. The largest absolute Gasteiger partial charge is 0.492 e. The summed E-state index contributed by atoms with van der Waals surface area (Å²) in [6.45, 7) is 3.09. The van der Waals surface area contributed by atoms with Crippen LogP contribution in [0, 0.1) is 5.41 Å². The van der Waals surface area contributed by atoms with Crippen molar-refractivity contribution in [1.29, 1.82) is 0 Å². The van der Waals surface area contributed by atoms with Gasteiger partial charge in [0.2, 0.25) is 15.8 Å². The Labute approximate surface area is 188 Å². The maximum Gasteiger partial charge on any atom is 0.287 e. The smallest absolute Gasteiger partial charge is 0.287 e. The van der Waals surface area contributed by atoms with E-state index in [1.165, 1.54) is 0 Å². The lowest BCUT2D eigenvalue weighted by molar-refractivity contribution is -0.138. The molecule has 10 nitrogen and oxygen atoms in total. The Kier molecular flexibility index (Phi) is 10.9. The van der Waals surface area contributed by atoms with Crippen molar-refractivity contribution in [3.05, 3.63) is 29.8 Å². The third kappa shape index (κ3) is 10.3. The van der Waals surface area contributed by atoms with Crippen molar-refractivity contribution in [2.45, 2.75) is 45.8 Å². The third-order valence-corrected chi connectivity index (χ3v) is 5.35. The van der Waals surface area contributed by atoms with Gasteiger partial charge in [-0.25, -0.2) is 13.1 Å². The van der Waals surface area contributed by atoms with Gasteiger partial charge in [0, 0.05) is 31.3 Å². The molecule has 0 aliphatic rings. The fourth-order valence-corrected chi connectivity index (χ4v) is 3.07. The van der Waals surface area contributed by atoms with E-state index < -0.39 is 39.0 Å². The molecule has 0 aliphatic heterocycles. The first-order valence-corrected chi connectivity index (χ1v) is 12.0. The predicted octanol–water partition coefficient (Wildman–Crippen LogP) is -0.0813. The monoisotopic (exact) mass is 472 g/mol. The minimum atomic E-state index is -3.29. The average Bonchev–Trinajstić information content (AvgIpc) is 2.73. The molecule has 0 unspecified atom stereocenters. The molecule has 0 heterocycles. The van der Waals surface area contributed by atoms with E-state index >= 15 is 0 Å². The quantitative estimate of drug-likeness (QED) is 0.204.